The second kappa shape index (κ2) is 8.75. The zero-order valence-electron chi connectivity index (χ0n) is 15.6. The van der Waals surface area contributed by atoms with Crippen molar-refractivity contribution in [3.8, 4) is 11.1 Å². The lowest BCUT2D eigenvalue weighted by Gasteiger charge is -2.12. The van der Waals surface area contributed by atoms with Crippen molar-refractivity contribution in [2.45, 2.75) is 17.6 Å². The van der Waals surface area contributed by atoms with Crippen LogP contribution < -0.4 is 5.73 Å². The summed E-state index contributed by atoms with van der Waals surface area (Å²) >= 11 is 0. The maximum atomic E-state index is 13.9. The normalized spacial score (nSPS) is 12.8. The van der Waals surface area contributed by atoms with Crippen molar-refractivity contribution in [2.24, 2.45) is 5.73 Å². The third kappa shape index (κ3) is 5.00. The summed E-state index contributed by atoms with van der Waals surface area (Å²) in [6.07, 6.45) is -1.29. The van der Waals surface area contributed by atoms with E-state index in [0.717, 1.165) is 24.5 Å². The summed E-state index contributed by atoms with van der Waals surface area (Å²) in [6.45, 7) is -0.367. The van der Waals surface area contributed by atoms with E-state index in [0.29, 0.717) is 0 Å². The summed E-state index contributed by atoms with van der Waals surface area (Å²) in [4.78, 5) is 4.11. The molecule has 0 bridgehead atoms. The van der Waals surface area contributed by atoms with E-state index in [-0.39, 0.29) is 52.6 Å². The molecular weight excluding hydrogens is 446 g/mol. The molecule has 0 aliphatic rings. The van der Waals surface area contributed by atoms with Crippen molar-refractivity contribution in [2.75, 3.05) is 12.8 Å². The number of nitrogens with zero attached hydrogens (tertiary/aromatic N) is 2. The molecular formula is C19H18ClF4N3O2S. The lowest BCUT2D eigenvalue weighted by molar-refractivity contribution is -0.137. The van der Waals surface area contributed by atoms with E-state index in [1.54, 1.807) is 0 Å². The number of hydrogen-bond acceptors (Lipinski definition) is 4. The van der Waals surface area contributed by atoms with Gasteiger partial charge in [-0.15, -0.1) is 12.4 Å². The Morgan fingerprint density at radius 2 is 1.93 bits per heavy atom. The highest BCUT2D eigenvalue weighted by atomic mass is 35.5. The molecule has 30 heavy (non-hydrogen) atoms. The highest BCUT2D eigenvalue weighted by molar-refractivity contribution is 7.90. The molecule has 0 aliphatic carbocycles. The molecule has 0 unspecified atom stereocenters. The number of nitrogens with two attached hydrogens (primary N) is 1. The molecule has 3 aromatic rings. The van der Waals surface area contributed by atoms with Crippen LogP contribution in [0.3, 0.4) is 0 Å². The van der Waals surface area contributed by atoms with Gasteiger partial charge in [-0.1, -0.05) is 12.1 Å². The molecule has 1 aromatic heterocycles. The summed E-state index contributed by atoms with van der Waals surface area (Å²) < 4.78 is 79.2. The Kier molecular flexibility index (Phi) is 6.95. The van der Waals surface area contributed by atoms with Crippen LogP contribution in [-0.2, 0) is 22.6 Å². The first-order chi connectivity index (χ1) is 13.5. The maximum Gasteiger partial charge on any atom is 0.416 e. The summed E-state index contributed by atoms with van der Waals surface area (Å²) in [5.41, 5.74) is 4.94. The van der Waals surface area contributed by atoms with Crippen LogP contribution in [0.25, 0.3) is 22.2 Å². The van der Waals surface area contributed by atoms with E-state index in [2.05, 4.69) is 4.98 Å². The first-order valence-corrected chi connectivity index (χ1v) is 10.3. The molecule has 2 aromatic carbocycles. The van der Waals surface area contributed by atoms with Crippen LogP contribution in [0, 0.1) is 0 Å². The van der Waals surface area contributed by atoms with E-state index in [4.69, 9.17) is 5.73 Å². The molecule has 3 rings (SSSR count). The minimum atomic E-state index is -4.65. The Bertz CT molecular complexity index is 1200. The Hall–Kier alpha value is -2.43. The van der Waals surface area contributed by atoms with Gasteiger partial charge in [0.05, 0.1) is 34.4 Å². The molecule has 2 N–H and O–H groups in total. The van der Waals surface area contributed by atoms with Gasteiger partial charge in [0.15, 0.2) is 9.84 Å². The average Bonchev–Trinajstić information content (AvgIpc) is 3.02. The van der Waals surface area contributed by atoms with Crippen LogP contribution in [0.15, 0.2) is 59.5 Å². The smallest absolute Gasteiger partial charge is 0.327 e. The molecule has 0 amide bonds. The quantitative estimate of drug-likeness (QED) is 0.570. The third-order valence-corrected chi connectivity index (χ3v) is 5.40. The fraction of sp³-hybridized carbons (Fsp3) is 0.211. The number of alkyl halides is 3. The SMILES string of the molecule is CS(=O)(=O)c1cccc(-c2cc(C(F)(F)F)cc3c2ncn3C/C(F)=C/CN)c1.Cl. The second-order valence-corrected chi connectivity index (χ2v) is 8.46. The zero-order valence-corrected chi connectivity index (χ0v) is 17.3. The maximum absolute atomic E-state index is 13.9. The molecule has 0 aliphatic heterocycles. The Morgan fingerprint density at radius 3 is 2.53 bits per heavy atom. The lowest BCUT2D eigenvalue weighted by Crippen LogP contribution is -2.07. The number of benzene rings is 2. The van der Waals surface area contributed by atoms with E-state index >= 15 is 0 Å². The highest BCUT2D eigenvalue weighted by Gasteiger charge is 2.32. The fourth-order valence-electron chi connectivity index (χ4n) is 2.92. The van der Waals surface area contributed by atoms with E-state index in [9.17, 15) is 26.0 Å². The van der Waals surface area contributed by atoms with E-state index in [1.807, 2.05) is 0 Å². The first-order valence-electron chi connectivity index (χ1n) is 8.42. The van der Waals surface area contributed by atoms with Gasteiger partial charge in [0, 0.05) is 18.4 Å². The molecule has 11 heteroatoms. The zero-order chi connectivity index (χ0) is 21.4. The molecule has 0 radical (unpaired) electrons. The van der Waals surface area contributed by atoms with Gasteiger partial charge in [-0.2, -0.15) is 13.2 Å². The molecule has 0 saturated carbocycles. The predicted molar refractivity (Wildman–Crippen MR) is 109 cm³/mol. The summed E-state index contributed by atoms with van der Waals surface area (Å²) in [5.74, 6) is -0.607. The fourth-order valence-corrected chi connectivity index (χ4v) is 3.59. The number of rotatable bonds is 5. The number of imidazole rings is 1. The average molecular weight is 464 g/mol. The number of aromatic nitrogens is 2. The predicted octanol–water partition coefficient (Wildman–Crippen LogP) is 4.36. The van der Waals surface area contributed by atoms with Gasteiger partial charge in [0.2, 0.25) is 0 Å². The van der Waals surface area contributed by atoms with Gasteiger partial charge >= 0.3 is 6.18 Å². The number of halogens is 5. The minimum Gasteiger partial charge on any atom is -0.327 e. The van der Waals surface area contributed by atoms with Crippen LogP contribution in [0.2, 0.25) is 0 Å². The van der Waals surface area contributed by atoms with Crippen molar-refractivity contribution in [1.82, 2.24) is 9.55 Å². The molecule has 0 spiro atoms. The summed E-state index contributed by atoms with van der Waals surface area (Å²) in [5, 5.41) is 0. The lowest BCUT2D eigenvalue weighted by atomic mass is 10.0. The molecule has 0 saturated heterocycles. The van der Waals surface area contributed by atoms with Gasteiger partial charge in [0.1, 0.15) is 5.83 Å². The van der Waals surface area contributed by atoms with Crippen LogP contribution in [0.1, 0.15) is 5.56 Å². The molecule has 5 nitrogen and oxygen atoms in total. The van der Waals surface area contributed by atoms with Gasteiger partial charge in [-0.3, -0.25) is 0 Å². The Morgan fingerprint density at radius 1 is 1.23 bits per heavy atom. The number of sulfone groups is 1. The van der Waals surface area contributed by atoms with Gasteiger partial charge in [0.25, 0.3) is 0 Å². The number of allylic oxidation sites excluding steroid dienone is 1. The van der Waals surface area contributed by atoms with E-state index < -0.39 is 27.4 Å². The van der Waals surface area contributed by atoms with Crippen molar-refractivity contribution in [3.63, 3.8) is 0 Å². The van der Waals surface area contributed by atoms with Crippen molar-refractivity contribution < 1.29 is 26.0 Å². The van der Waals surface area contributed by atoms with Gasteiger partial charge < -0.3 is 10.3 Å². The Labute approximate surface area is 176 Å². The monoisotopic (exact) mass is 463 g/mol. The van der Waals surface area contributed by atoms with Crippen LogP contribution in [-0.4, -0.2) is 30.8 Å². The van der Waals surface area contributed by atoms with Crippen molar-refractivity contribution in [3.05, 3.63) is 60.2 Å². The first kappa shape index (κ1) is 23.8. The summed E-state index contributed by atoms with van der Waals surface area (Å²) in [6, 6.07) is 7.39. The molecule has 1 heterocycles. The topological polar surface area (TPSA) is 78.0 Å². The molecule has 0 atom stereocenters. The largest absolute Gasteiger partial charge is 0.416 e. The minimum absolute atomic E-state index is 0. The van der Waals surface area contributed by atoms with E-state index in [1.165, 1.54) is 35.2 Å². The van der Waals surface area contributed by atoms with Crippen LogP contribution >= 0.6 is 12.4 Å². The van der Waals surface area contributed by atoms with Crippen molar-refractivity contribution in [1.29, 1.82) is 0 Å². The summed E-state index contributed by atoms with van der Waals surface area (Å²) in [7, 11) is -3.56. The van der Waals surface area contributed by atoms with Gasteiger partial charge in [-0.05, 0) is 35.9 Å². The van der Waals surface area contributed by atoms with Crippen LogP contribution in [0.5, 0.6) is 0 Å². The van der Waals surface area contributed by atoms with Gasteiger partial charge in [-0.25, -0.2) is 17.8 Å². The number of fused-ring (bicyclic) bond motifs is 1. The second-order valence-electron chi connectivity index (χ2n) is 6.45. The third-order valence-electron chi connectivity index (χ3n) is 4.29. The highest BCUT2D eigenvalue weighted by Crippen LogP contribution is 2.37. The Balaban J connectivity index is 0.00000320. The molecule has 162 valence electrons. The van der Waals surface area contributed by atoms with Crippen LogP contribution in [0.4, 0.5) is 17.6 Å². The standard InChI is InChI=1S/C19H17F4N3O2S.ClH/c1-29(27,28)15-4-2-3-12(7-15)16-8-13(19(21,22)23)9-17-18(16)25-11-26(17)10-14(20)5-6-24;/h2-5,7-9,11H,6,10,24H2,1H3;1H/b14-5-;. The van der Waals surface area contributed by atoms with Crippen molar-refractivity contribution >= 4 is 33.3 Å². The number of hydrogen-bond donors (Lipinski definition) is 1. The molecule has 0 fully saturated rings.